The van der Waals surface area contributed by atoms with Gasteiger partial charge in [0.05, 0.1) is 21.7 Å². The van der Waals surface area contributed by atoms with Crippen LogP contribution < -0.4 is 0 Å². The first-order chi connectivity index (χ1) is 6.26. The van der Waals surface area contributed by atoms with Crippen LogP contribution in [0.15, 0.2) is 24.3 Å². The fourth-order valence-electron chi connectivity index (χ4n) is 2.07. The van der Waals surface area contributed by atoms with Gasteiger partial charge in [0.25, 0.3) is 5.91 Å². The monoisotopic (exact) mass is 237 g/mol. The molecule has 3 heteroatoms. The second kappa shape index (κ2) is 2.15. The zero-order valence-corrected chi connectivity index (χ0v) is 8.54. The van der Waals surface area contributed by atoms with Crippen molar-refractivity contribution in [3.05, 3.63) is 35.4 Å². The Morgan fingerprint density at radius 1 is 1.31 bits per heavy atom. The zero-order valence-electron chi connectivity index (χ0n) is 6.96. The highest BCUT2D eigenvalue weighted by Gasteiger charge is 2.57. The predicted octanol–water partition coefficient (Wildman–Crippen LogP) is 2.44. The molecule has 66 valence electrons. The number of benzene rings is 1. The van der Waals surface area contributed by atoms with Gasteiger partial charge in [-0.1, -0.05) is 18.2 Å². The van der Waals surface area contributed by atoms with Crippen molar-refractivity contribution >= 4 is 22.1 Å². The molecule has 1 aliphatic heterocycles. The fraction of sp³-hybridized carbons (Fsp3) is 0.300. The van der Waals surface area contributed by atoms with Crippen molar-refractivity contribution in [2.75, 3.05) is 0 Å². The van der Waals surface area contributed by atoms with E-state index in [1.54, 1.807) is 3.93 Å². The molecule has 3 rings (SSSR count). The number of nitrogens with zero attached hydrogens (tertiary/aromatic N) is 1. The molecule has 1 aromatic carbocycles. The van der Waals surface area contributed by atoms with E-state index in [1.807, 2.05) is 18.2 Å². The molecule has 0 atom stereocenters. The van der Waals surface area contributed by atoms with Crippen LogP contribution in [0.3, 0.4) is 0 Å². The van der Waals surface area contributed by atoms with Gasteiger partial charge in [0.15, 0.2) is 0 Å². The van der Waals surface area contributed by atoms with E-state index in [-0.39, 0.29) is 11.4 Å². The zero-order chi connectivity index (χ0) is 9.05. The van der Waals surface area contributed by atoms with Crippen molar-refractivity contribution in [2.45, 2.75) is 18.4 Å². The van der Waals surface area contributed by atoms with Crippen LogP contribution in [0, 0.1) is 0 Å². The fourth-order valence-corrected chi connectivity index (χ4v) is 2.80. The Labute approximate surface area is 84.9 Å². The van der Waals surface area contributed by atoms with Gasteiger partial charge >= 0.3 is 0 Å². The highest BCUT2D eigenvalue weighted by molar-refractivity contribution is 9.07. The minimum atomic E-state index is 0.00762. The lowest BCUT2D eigenvalue weighted by molar-refractivity contribution is 0.0864. The molecule has 1 fully saturated rings. The Morgan fingerprint density at radius 3 is 2.69 bits per heavy atom. The van der Waals surface area contributed by atoms with Gasteiger partial charge in [0.2, 0.25) is 0 Å². The van der Waals surface area contributed by atoms with Crippen molar-refractivity contribution < 1.29 is 4.79 Å². The summed E-state index contributed by atoms with van der Waals surface area (Å²) in [6.45, 7) is 0. The van der Waals surface area contributed by atoms with Crippen LogP contribution >= 0.6 is 16.1 Å². The molecule has 1 amide bonds. The van der Waals surface area contributed by atoms with Crippen LogP contribution in [0.1, 0.15) is 28.8 Å². The van der Waals surface area contributed by atoms with Gasteiger partial charge in [-0.2, -0.15) is 0 Å². The number of halogens is 1. The third-order valence-electron chi connectivity index (χ3n) is 2.94. The Bertz CT molecular complexity index is 398. The molecule has 2 aliphatic rings. The summed E-state index contributed by atoms with van der Waals surface area (Å²) in [6, 6.07) is 7.87. The highest BCUT2D eigenvalue weighted by Crippen LogP contribution is 2.57. The summed E-state index contributed by atoms with van der Waals surface area (Å²) < 4.78 is 1.71. The summed E-state index contributed by atoms with van der Waals surface area (Å²) in [7, 11) is 0. The van der Waals surface area contributed by atoms with Gasteiger partial charge in [-0.15, -0.1) is 0 Å². The first-order valence-corrected chi connectivity index (χ1v) is 5.06. The van der Waals surface area contributed by atoms with Crippen LogP contribution in [-0.4, -0.2) is 9.83 Å². The molecule has 1 spiro atoms. The number of fused-ring (bicyclic) bond motifs is 2. The molecular formula is C10H8BrNO. The first-order valence-electron chi connectivity index (χ1n) is 4.35. The summed E-state index contributed by atoms with van der Waals surface area (Å²) in [5, 5.41) is 0. The molecule has 0 bridgehead atoms. The summed E-state index contributed by atoms with van der Waals surface area (Å²) in [6.07, 6.45) is 2.17. The van der Waals surface area contributed by atoms with Crippen LogP contribution in [0.4, 0.5) is 0 Å². The van der Waals surface area contributed by atoms with Crippen LogP contribution in [0.5, 0.6) is 0 Å². The molecule has 0 unspecified atom stereocenters. The van der Waals surface area contributed by atoms with E-state index >= 15 is 0 Å². The van der Waals surface area contributed by atoms with Gasteiger partial charge in [0.1, 0.15) is 0 Å². The maximum atomic E-state index is 11.7. The maximum Gasteiger partial charge on any atom is 0.264 e. The molecule has 2 nitrogen and oxygen atoms in total. The number of carbonyl (C=O) groups excluding carboxylic acids is 1. The Balaban J connectivity index is 2.28. The second-order valence-electron chi connectivity index (χ2n) is 3.66. The Hall–Kier alpha value is -0.830. The average molecular weight is 238 g/mol. The van der Waals surface area contributed by atoms with E-state index < -0.39 is 0 Å². The lowest BCUT2D eigenvalue weighted by Crippen LogP contribution is -2.22. The predicted molar refractivity (Wildman–Crippen MR) is 52.5 cm³/mol. The van der Waals surface area contributed by atoms with Gasteiger partial charge in [-0.05, 0) is 24.5 Å². The minimum Gasteiger partial charge on any atom is -0.268 e. The normalized spacial score (nSPS) is 22.2. The third kappa shape index (κ3) is 0.759. The van der Waals surface area contributed by atoms with E-state index in [9.17, 15) is 4.79 Å². The topological polar surface area (TPSA) is 20.3 Å². The largest absolute Gasteiger partial charge is 0.268 e. The van der Waals surface area contributed by atoms with E-state index in [0.717, 1.165) is 18.4 Å². The molecule has 1 saturated carbocycles. The van der Waals surface area contributed by atoms with Crippen molar-refractivity contribution in [2.24, 2.45) is 0 Å². The highest BCUT2D eigenvalue weighted by atomic mass is 79.9. The average Bonchev–Trinajstić information content (AvgIpc) is 2.93. The summed E-state index contributed by atoms with van der Waals surface area (Å²) in [5.41, 5.74) is 2.06. The van der Waals surface area contributed by atoms with Crippen molar-refractivity contribution in [1.82, 2.24) is 3.93 Å². The molecule has 0 aromatic heterocycles. The van der Waals surface area contributed by atoms with Gasteiger partial charge in [-0.3, -0.25) is 8.72 Å². The van der Waals surface area contributed by atoms with E-state index in [1.165, 1.54) is 5.56 Å². The van der Waals surface area contributed by atoms with E-state index in [2.05, 4.69) is 22.2 Å². The number of carbonyl (C=O) groups is 1. The van der Waals surface area contributed by atoms with Crippen molar-refractivity contribution in [3.8, 4) is 0 Å². The lowest BCUT2D eigenvalue weighted by atomic mass is 10.0. The number of amides is 1. The Kier molecular flexibility index (Phi) is 1.25. The number of rotatable bonds is 0. The van der Waals surface area contributed by atoms with Crippen LogP contribution in [0.25, 0.3) is 0 Å². The number of hydrogen-bond donors (Lipinski definition) is 0. The molecule has 1 heterocycles. The Morgan fingerprint density at radius 2 is 2.00 bits per heavy atom. The minimum absolute atomic E-state index is 0.00762. The smallest absolute Gasteiger partial charge is 0.264 e. The first kappa shape index (κ1) is 7.56. The van der Waals surface area contributed by atoms with Gasteiger partial charge in [-0.25, -0.2) is 0 Å². The molecular weight excluding hydrogens is 230 g/mol. The molecule has 0 saturated heterocycles. The second-order valence-corrected chi connectivity index (χ2v) is 4.37. The SMILES string of the molecule is O=C1c2ccccc2C2(CC2)N1Br. The lowest BCUT2D eigenvalue weighted by Gasteiger charge is -2.15. The van der Waals surface area contributed by atoms with Gasteiger partial charge < -0.3 is 0 Å². The molecule has 0 radical (unpaired) electrons. The van der Waals surface area contributed by atoms with Crippen molar-refractivity contribution in [1.29, 1.82) is 0 Å². The number of hydrogen-bond acceptors (Lipinski definition) is 1. The third-order valence-corrected chi connectivity index (χ3v) is 3.94. The molecule has 1 aromatic rings. The maximum absolute atomic E-state index is 11.7. The molecule has 0 N–H and O–H groups in total. The van der Waals surface area contributed by atoms with Crippen LogP contribution in [-0.2, 0) is 5.54 Å². The van der Waals surface area contributed by atoms with Crippen LogP contribution in [0.2, 0.25) is 0 Å². The van der Waals surface area contributed by atoms with E-state index in [0.29, 0.717) is 0 Å². The van der Waals surface area contributed by atoms with Crippen molar-refractivity contribution in [3.63, 3.8) is 0 Å². The summed E-state index contributed by atoms with van der Waals surface area (Å²) >= 11 is 3.35. The molecule has 13 heavy (non-hydrogen) atoms. The van der Waals surface area contributed by atoms with Gasteiger partial charge in [0, 0.05) is 5.56 Å². The quantitative estimate of drug-likeness (QED) is 0.635. The van der Waals surface area contributed by atoms with E-state index in [4.69, 9.17) is 0 Å². The molecule has 1 aliphatic carbocycles. The standard InChI is InChI=1S/C10H8BrNO/c11-12-9(13)7-3-1-2-4-8(7)10(12)5-6-10/h1-4H,5-6H2. The summed E-state index contributed by atoms with van der Waals surface area (Å²) in [4.78, 5) is 11.7. The summed E-state index contributed by atoms with van der Waals surface area (Å²) in [5.74, 6) is 0.105.